The fraction of sp³-hybridized carbons (Fsp3) is 1.00. The lowest BCUT2D eigenvalue weighted by molar-refractivity contribution is 0.243. The topological polar surface area (TPSA) is 0 Å². The van der Waals surface area contributed by atoms with Crippen molar-refractivity contribution in [3.05, 3.63) is 0 Å². The molecule has 2 aliphatic rings. The molecule has 0 aliphatic heterocycles. The van der Waals surface area contributed by atoms with E-state index in [1.807, 2.05) is 0 Å². The normalized spacial score (nSPS) is 39.2. The van der Waals surface area contributed by atoms with Gasteiger partial charge in [-0.15, -0.1) is 0 Å². The van der Waals surface area contributed by atoms with Crippen LogP contribution in [0.25, 0.3) is 0 Å². The molecule has 0 heteroatoms. The van der Waals surface area contributed by atoms with E-state index in [4.69, 9.17) is 0 Å². The summed E-state index contributed by atoms with van der Waals surface area (Å²) >= 11 is 0. The van der Waals surface area contributed by atoms with Gasteiger partial charge in [0, 0.05) is 0 Å². The molecule has 17 heavy (non-hydrogen) atoms. The average molecular weight is 236 g/mol. The monoisotopic (exact) mass is 236 g/mol. The Labute approximate surface area is 109 Å². The van der Waals surface area contributed by atoms with Crippen LogP contribution < -0.4 is 0 Å². The molecule has 0 aromatic rings. The van der Waals surface area contributed by atoms with Gasteiger partial charge in [-0.1, -0.05) is 84.5 Å². The van der Waals surface area contributed by atoms with Crippen molar-refractivity contribution in [3.8, 4) is 0 Å². The molecular weight excluding hydrogens is 204 g/mol. The van der Waals surface area contributed by atoms with Gasteiger partial charge in [-0.05, 0) is 23.7 Å². The molecule has 0 heterocycles. The van der Waals surface area contributed by atoms with Crippen LogP contribution in [0.5, 0.6) is 0 Å². The van der Waals surface area contributed by atoms with Gasteiger partial charge >= 0.3 is 0 Å². The van der Waals surface area contributed by atoms with Crippen molar-refractivity contribution in [2.45, 2.75) is 84.5 Å². The zero-order chi connectivity index (χ0) is 12.1. The van der Waals surface area contributed by atoms with Gasteiger partial charge in [0.2, 0.25) is 0 Å². The molecule has 0 bridgehead atoms. The molecule has 0 saturated heterocycles. The zero-order valence-corrected chi connectivity index (χ0v) is 12.1. The molecule has 0 unspecified atom stereocenters. The van der Waals surface area contributed by atoms with E-state index in [0.29, 0.717) is 0 Å². The fourth-order valence-corrected chi connectivity index (χ4v) is 3.93. The maximum absolute atomic E-state index is 2.43. The van der Waals surface area contributed by atoms with Crippen LogP contribution in [0.4, 0.5) is 0 Å². The molecule has 0 amide bonds. The summed E-state index contributed by atoms with van der Waals surface area (Å²) < 4.78 is 0. The molecule has 0 aromatic carbocycles. The molecule has 2 saturated carbocycles. The first-order chi connectivity index (χ1) is 8.24. The van der Waals surface area contributed by atoms with Gasteiger partial charge in [-0.2, -0.15) is 0 Å². The SMILES string of the molecule is CC1CCC(CCCC2CCC(C)CC2)CC1. The molecule has 0 atom stereocenters. The van der Waals surface area contributed by atoms with E-state index < -0.39 is 0 Å². The quantitative estimate of drug-likeness (QED) is 0.578. The van der Waals surface area contributed by atoms with Gasteiger partial charge in [-0.3, -0.25) is 0 Å². The average Bonchev–Trinajstić information content (AvgIpc) is 2.34. The largest absolute Gasteiger partial charge is 0.0625 e. The predicted octanol–water partition coefficient (Wildman–Crippen LogP) is 5.81. The highest BCUT2D eigenvalue weighted by Crippen LogP contribution is 2.34. The number of hydrogen-bond donors (Lipinski definition) is 0. The van der Waals surface area contributed by atoms with Crippen molar-refractivity contribution in [3.63, 3.8) is 0 Å². The molecule has 2 fully saturated rings. The molecule has 0 N–H and O–H groups in total. The molecule has 0 aromatic heterocycles. The molecule has 2 aliphatic carbocycles. The summed E-state index contributed by atoms with van der Waals surface area (Å²) in [5, 5.41) is 0. The smallest absolute Gasteiger partial charge is 0.0414 e. The third-order valence-electron chi connectivity index (χ3n) is 5.50. The lowest BCUT2D eigenvalue weighted by Crippen LogP contribution is -2.14. The minimum atomic E-state index is 1.02. The van der Waals surface area contributed by atoms with Crippen LogP contribution >= 0.6 is 0 Å². The van der Waals surface area contributed by atoms with Crippen molar-refractivity contribution < 1.29 is 0 Å². The van der Waals surface area contributed by atoms with E-state index in [-0.39, 0.29) is 0 Å². The van der Waals surface area contributed by atoms with Gasteiger partial charge in [-0.25, -0.2) is 0 Å². The Morgan fingerprint density at radius 2 is 0.941 bits per heavy atom. The Morgan fingerprint density at radius 3 is 1.29 bits per heavy atom. The molecule has 0 spiro atoms. The van der Waals surface area contributed by atoms with E-state index in [1.54, 1.807) is 12.8 Å². The summed E-state index contributed by atoms with van der Waals surface area (Å²) in [5.41, 5.74) is 0. The summed E-state index contributed by atoms with van der Waals surface area (Å²) in [4.78, 5) is 0. The zero-order valence-electron chi connectivity index (χ0n) is 12.1. The summed E-state index contributed by atoms with van der Waals surface area (Å²) in [6.07, 6.45) is 16.8. The van der Waals surface area contributed by atoms with E-state index in [1.165, 1.54) is 57.8 Å². The summed E-state index contributed by atoms with van der Waals surface area (Å²) in [5.74, 6) is 4.22. The summed E-state index contributed by atoms with van der Waals surface area (Å²) in [7, 11) is 0. The number of rotatable bonds is 4. The van der Waals surface area contributed by atoms with Gasteiger partial charge in [0.25, 0.3) is 0 Å². The Bertz CT molecular complexity index is 170. The second kappa shape index (κ2) is 6.81. The minimum absolute atomic E-state index is 1.02. The number of hydrogen-bond acceptors (Lipinski definition) is 0. The van der Waals surface area contributed by atoms with E-state index in [9.17, 15) is 0 Å². The van der Waals surface area contributed by atoms with E-state index in [0.717, 1.165) is 23.7 Å². The Morgan fingerprint density at radius 1 is 0.588 bits per heavy atom. The van der Waals surface area contributed by atoms with Gasteiger partial charge in [0.15, 0.2) is 0 Å². The Balaban J connectivity index is 1.54. The Kier molecular flexibility index (Phi) is 5.38. The maximum Gasteiger partial charge on any atom is -0.0414 e. The van der Waals surface area contributed by atoms with Crippen molar-refractivity contribution in [2.75, 3.05) is 0 Å². The second-order valence-corrected chi connectivity index (χ2v) is 7.18. The molecule has 100 valence electrons. The van der Waals surface area contributed by atoms with Crippen molar-refractivity contribution in [2.24, 2.45) is 23.7 Å². The van der Waals surface area contributed by atoms with Crippen molar-refractivity contribution in [1.29, 1.82) is 0 Å². The lowest BCUT2D eigenvalue weighted by Gasteiger charge is -2.28. The lowest BCUT2D eigenvalue weighted by atomic mass is 9.78. The van der Waals surface area contributed by atoms with Crippen molar-refractivity contribution >= 4 is 0 Å². The highest BCUT2D eigenvalue weighted by molar-refractivity contribution is 4.73. The fourth-order valence-electron chi connectivity index (χ4n) is 3.93. The molecule has 2 rings (SSSR count). The van der Waals surface area contributed by atoms with Crippen LogP contribution in [0, 0.1) is 23.7 Å². The van der Waals surface area contributed by atoms with E-state index in [2.05, 4.69) is 13.8 Å². The van der Waals surface area contributed by atoms with Crippen LogP contribution in [0.15, 0.2) is 0 Å². The third-order valence-corrected chi connectivity index (χ3v) is 5.50. The molecular formula is C17H32. The molecule has 0 nitrogen and oxygen atoms in total. The summed E-state index contributed by atoms with van der Waals surface area (Å²) in [6.45, 7) is 4.86. The van der Waals surface area contributed by atoms with Crippen LogP contribution in [0.3, 0.4) is 0 Å². The second-order valence-electron chi connectivity index (χ2n) is 7.18. The standard InChI is InChI=1S/C17H32/c1-14-6-10-16(11-7-14)4-3-5-17-12-8-15(2)9-13-17/h14-17H,3-13H2,1-2H3. The van der Waals surface area contributed by atoms with Crippen LogP contribution in [-0.2, 0) is 0 Å². The molecule has 0 radical (unpaired) electrons. The Hall–Kier alpha value is 0. The van der Waals surface area contributed by atoms with Crippen LogP contribution in [-0.4, -0.2) is 0 Å². The first-order valence-electron chi connectivity index (χ1n) is 8.24. The van der Waals surface area contributed by atoms with E-state index >= 15 is 0 Å². The van der Waals surface area contributed by atoms with Crippen LogP contribution in [0.1, 0.15) is 84.5 Å². The first-order valence-corrected chi connectivity index (χ1v) is 8.24. The van der Waals surface area contributed by atoms with Gasteiger partial charge in [0.05, 0.1) is 0 Å². The predicted molar refractivity (Wildman–Crippen MR) is 76.1 cm³/mol. The maximum atomic E-state index is 2.43. The minimum Gasteiger partial charge on any atom is -0.0625 e. The van der Waals surface area contributed by atoms with Gasteiger partial charge < -0.3 is 0 Å². The van der Waals surface area contributed by atoms with Crippen LogP contribution in [0.2, 0.25) is 0 Å². The summed E-state index contributed by atoms with van der Waals surface area (Å²) in [6, 6.07) is 0. The first kappa shape index (κ1) is 13.4. The highest BCUT2D eigenvalue weighted by atomic mass is 14.3. The van der Waals surface area contributed by atoms with Gasteiger partial charge in [0.1, 0.15) is 0 Å². The highest BCUT2D eigenvalue weighted by Gasteiger charge is 2.20. The van der Waals surface area contributed by atoms with Crippen molar-refractivity contribution in [1.82, 2.24) is 0 Å². The third kappa shape index (κ3) is 4.64.